The number of nitrogens with zero attached hydrogens (tertiary/aromatic N) is 2. The van der Waals surface area contributed by atoms with Gasteiger partial charge in [0.25, 0.3) is 5.91 Å². The highest BCUT2D eigenvalue weighted by atomic mass is 79.9. The van der Waals surface area contributed by atoms with Crippen LogP contribution in [-0.4, -0.2) is 35.3 Å². The molecule has 1 amide bonds. The number of ether oxygens (including phenoxy) is 1. The molecule has 0 spiro atoms. The van der Waals surface area contributed by atoms with Crippen molar-refractivity contribution in [3.63, 3.8) is 0 Å². The van der Waals surface area contributed by atoms with Crippen LogP contribution in [-0.2, 0) is 9.53 Å². The van der Waals surface area contributed by atoms with E-state index in [-0.39, 0.29) is 11.9 Å². The first-order valence-corrected chi connectivity index (χ1v) is 8.90. The summed E-state index contributed by atoms with van der Waals surface area (Å²) < 4.78 is 7.40. The summed E-state index contributed by atoms with van der Waals surface area (Å²) in [6, 6.07) is 7.31. The molecule has 0 fully saturated rings. The molecule has 1 aromatic carbocycles. The largest absolute Gasteiger partial charge is 0.469 e. The lowest BCUT2D eigenvalue weighted by molar-refractivity contribution is -0.140. The molecule has 6 nitrogen and oxygen atoms in total. The van der Waals surface area contributed by atoms with Crippen LogP contribution in [0.2, 0.25) is 0 Å². The first-order chi connectivity index (χ1) is 11.9. The number of esters is 1. The summed E-state index contributed by atoms with van der Waals surface area (Å²) in [5.41, 5.74) is 3.44. The van der Waals surface area contributed by atoms with Crippen molar-refractivity contribution in [1.29, 1.82) is 0 Å². The molecule has 1 heterocycles. The number of hydrogen-bond donors (Lipinski definition) is 1. The van der Waals surface area contributed by atoms with Gasteiger partial charge in [-0.2, -0.15) is 5.10 Å². The van der Waals surface area contributed by atoms with Gasteiger partial charge >= 0.3 is 5.97 Å². The highest BCUT2D eigenvalue weighted by Crippen LogP contribution is 2.23. The van der Waals surface area contributed by atoms with E-state index in [2.05, 4.69) is 31.1 Å². The third-order valence-electron chi connectivity index (χ3n) is 3.90. The van der Waals surface area contributed by atoms with Crippen LogP contribution in [0.15, 0.2) is 28.7 Å². The number of hydrogen-bond acceptors (Lipinski definition) is 4. The number of methoxy groups -OCH3 is 1. The number of halogens is 1. The van der Waals surface area contributed by atoms with Crippen LogP contribution in [0.25, 0.3) is 5.69 Å². The molecule has 2 aromatic rings. The molecule has 0 aliphatic heterocycles. The van der Waals surface area contributed by atoms with Crippen molar-refractivity contribution in [1.82, 2.24) is 15.1 Å². The number of amides is 1. The summed E-state index contributed by atoms with van der Waals surface area (Å²) in [6.45, 7) is 4.45. The zero-order valence-electron chi connectivity index (χ0n) is 14.6. The Morgan fingerprint density at radius 2 is 1.88 bits per heavy atom. The smallest absolute Gasteiger partial charge is 0.305 e. The van der Waals surface area contributed by atoms with E-state index in [1.54, 1.807) is 12.1 Å². The van der Waals surface area contributed by atoms with Gasteiger partial charge in [-0.05, 0) is 66.9 Å². The first-order valence-electron chi connectivity index (χ1n) is 8.11. The summed E-state index contributed by atoms with van der Waals surface area (Å²) >= 11 is 3.51. The van der Waals surface area contributed by atoms with Gasteiger partial charge in [-0.25, -0.2) is 4.68 Å². The van der Waals surface area contributed by atoms with E-state index in [0.29, 0.717) is 24.9 Å². The molecule has 0 saturated carbocycles. The second kappa shape index (κ2) is 8.80. The normalized spacial score (nSPS) is 10.6. The predicted molar refractivity (Wildman–Crippen MR) is 98.9 cm³/mol. The number of unbranched alkanes of at least 4 members (excludes halogenated alkanes) is 1. The fourth-order valence-electron chi connectivity index (χ4n) is 2.43. The van der Waals surface area contributed by atoms with Gasteiger partial charge in [0.05, 0.1) is 28.7 Å². The molecule has 134 valence electrons. The van der Waals surface area contributed by atoms with Crippen molar-refractivity contribution in [3.05, 3.63) is 45.7 Å². The van der Waals surface area contributed by atoms with E-state index in [9.17, 15) is 9.59 Å². The Bertz CT molecular complexity index is 754. The highest BCUT2D eigenvalue weighted by Gasteiger charge is 2.11. The second-order valence-corrected chi connectivity index (χ2v) is 6.53. The predicted octanol–water partition coefficient (Wildman–Crippen LogP) is 3.32. The van der Waals surface area contributed by atoms with Gasteiger partial charge < -0.3 is 10.1 Å². The number of carbonyl (C=O) groups is 2. The van der Waals surface area contributed by atoms with E-state index in [1.165, 1.54) is 7.11 Å². The Balaban J connectivity index is 1.90. The van der Waals surface area contributed by atoms with Gasteiger partial charge in [-0.3, -0.25) is 9.59 Å². The lowest BCUT2D eigenvalue weighted by Crippen LogP contribution is -2.24. The van der Waals surface area contributed by atoms with E-state index in [1.807, 2.05) is 30.7 Å². The number of carbonyl (C=O) groups excluding carboxylic acids is 2. The summed E-state index contributed by atoms with van der Waals surface area (Å²) in [7, 11) is 1.37. The number of rotatable bonds is 7. The lowest BCUT2D eigenvalue weighted by Gasteiger charge is -2.07. The van der Waals surface area contributed by atoms with Crippen molar-refractivity contribution in [3.8, 4) is 5.69 Å². The topological polar surface area (TPSA) is 73.2 Å². The minimum atomic E-state index is -0.224. The van der Waals surface area contributed by atoms with E-state index >= 15 is 0 Å². The highest BCUT2D eigenvalue weighted by molar-refractivity contribution is 9.10. The third kappa shape index (κ3) is 4.92. The monoisotopic (exact) mass is 407 g/mol. The van der Waals surface area contributed by atoms with Gasteiger partial charge in [0.2, 0.25) is 0 Å². The number of benzene rings is 1. The number of aromatic nitrogens is 2. The maximum atomic E-state index is 12.1. The molecular weight excluding hydrogens is 386 g/mol. The molecule has 0 unspecified atom stereocenters. The average molecular weight is 408 g/mol. The third-order valence-corrected chi connectivity index (χ3v) is 5.05. The second-order valence-electron chi connectivity index (χ2n) is 5.73. The van der Waals surface area contributed by atoms with E-state index < -0.39 is 0 Å². The van der Waals surface area contributed by atoms with Gasteiger partial charge in [0.1, 0.15) is 0 Å². The molecule has 0 saturated heterocycles. The Morgan fingerprint density at radius 1 is 1.20 bits per heavy atom. The molecule has 7 heteroatoms. The molecule has 0 radical (unpaired) electrons. The van der Waals surface area contributed by atoms with Crippen LogP contribution in [0.1, 0.15) is 41.0 Å². The minimum absolute atomic E-state index is 0.126. The molecule has 0 atom stereocenters. The van der Waals surface area contributed by atoms with Gasteiger partial charge in [-0.15, -0.1) is 0 Å². The standard InChI is InChI=1S/C18H22BrN3O3/c1-12-17(19)13(2)22(21-12)15-9-7-14(8-10-15)18(24)20-11-5-4-6-16(23)25-3/h7-10H,4-6,11H2,1-3H3,(H,20,24). The van der Waals surface area contributed by atoms with Crippen LogP contribution in [0.3, 0.4) is 0 Å². The molecule has 0 aliphatic rings. The maximum absolute atomic E-state index is 12.1. The Labute approximate surface area is 155 Å². The van der Waals surface area contributed by atoms with E-state index in [0.717, 1.165) is 28.0 Å². The first kappa shape index (κ1) is 19.2. The van der Waals surface area contributed by atoms with Crippen LogP contribution in [0.4, 0.5) is 0 Å². The van der Waals surface area contributed by atoms with Gasteiger partial charge in [0.15, 0.2) is 0 Å². The van der Waals surface area contributed by atoms with Crippen LogP contribution in [0, 0.1) is 13.8 Å². The Morgan fingerprint density at radius 3 is 2.44 bits per heavy atom. The summed E-state index contributed by atoms with van der Waals surface area (Å²) in [5.74, 6) is -0.350. The SMILES string of the molecule is COC(=O)CCCCNC(=O)c1ccc(-n2nc(C)c(Br)c2C)cc1. The summed E-state index contributed by atoms with van der Waals surface area (Å²) in [4.78, 5) is 23.1. The summed E-state index contributed by atoms with van der Waals surface area (Å²) in [5, 5.41) is 7.33. The Hall–Kier alpha value is -2.15. The fraction of sp³-hybridized carbons (Fsp3) is 0.389. The number of nitrogens with one attached hydrogen (secondary N) is 1. The van der Waals surface area contributed by atoms with Crippen molar-refractivity contribution < 1.29 is 14.3 Å². The average Bonchev–Trinajstić information content (AvgIpc) is 2.88. The molecule has 25 heavy (non-hydrogen) atoms. The molecule has 2 rings (SSSR count). The molecular formula is C18H22BrN3O3. The fourth-order valence-corrected chi connectivity index (χ4v) is 2.68. The number of aryl methyl sites for hydroxylation is 1. The van der Waals surface area contributed by atoms with Crippen molar-refractivity contribution >= 4 is 27.8 Å². The van der Waals surface area contributed by atoms with Gasteiger partial charge in [0, 0.05) is 18.5 Å². The van der Waals surface area contributed by atoms with Crippen LogP contribution >= 0.6 is 15.9 Å². The molecule has 0 aliphatic carbocycles. The van der Waals surface area contributed by atoms with Crippen molar-refractivity contribution in [2.75, 3.05) is 13.7 Å². The Kier molecular flexibility index (Phi) is 6.75. The van der Waals surface area contributed by atoms with Crippen LogP contribution < -0.4 is 5.32 Å². The maximum Gasteiger partial charge on any atom is 0.305 e. The van der Waals surface area contributed by atoms with Crippen LogP contribution in [0.5, 0.6) is 0 Å². The zero-order valence-corrected chi connectivity index (χ0v) is 16.2. The van der Waals surface area contributed by atoms with Crippen molar-refractivity contribution in [2.45, 2.75) is 33.1 Å². The van der Waals surface area contributed by atoms with Crippen molar-refractivity contribution in [2.24, 2.45) is 0 Å². The summed E-state index contributed by atoms with van der Waals surface area (Å²) in [6.07, 6.45) is 1.80. The van der Waals surface area contributed by atoms with Gasteiger partial charge in [-0.1, -0.05) is 0 Å². The molecule has 0 bridgehead atoms. The lowest BCUT2D eigenvalue weighted by atomic mass is 10.2. The minimum Gasteiger partial charge on any atom is -0.469 e. The van der Waals surface area contributed by atoms with E-state index in [4.69, 9.17) is 0 Å². The molecule has 1 aromatic heterocycles. The quantitative estimate of drug-likeness (QED) is 0.564. The zero-order chi connectivity index (χ0) is 18.4. The molecule has 1 N–H and O–H groups in total.